The van der Waals surface area contributed by atoms with Crippen molar-refractivity contribution in [2.75, 3.05) is 7.11 Å². The molecule has 1 aliphatic carbocycles. The van der Waals surface area contributed by atoms with Gasteiger partial charge in [-0.15, -0.1) is 16.4 Å². The fourth-order valence-electron chi connectivity index (χ4n) is 3.96. The number of aryl methyl sites for hydroxylation is 2. The number of nitrogens with zero attached hydrogens (tertiary/aromatic N) is 4. The van der Waals surface area contributed by atoms with Gasteiger partial charge in [-0.2, -0.15) is 0 Å². The fraction of sp³-hybridized carbons (Fsp3) is 0.333. The zero-order valence-electron chi connectivity index (χ0n) is 16.6. The first-order valence-corrected chi connectivity index (χ1v) is 10.7. The second-order valence-corrected chi connectivity index (χ2v) is 8.48. The zero-order chi connectivity index (χ0) is 20.7. The number of carbonyl (C=O) groups is 1. The van der Waals surface area contributed by atoms with Crippen molar-refractivity contribution in [3.05, 3.63) is 57.1 Å². The lowest BCUT2D eigenvalue weighted by Gasteiger charge is -2.09. The summed E-state index contributed by atoms with van der Waals surface area (Å²) in [6, 6.07) is 7.48. The van der Waals surface area contributed by atoms with Crippen LogP contribution in [0.2, 0.25) is 0 Å². The quantitative estimate of drug-likeness (QED) is 0.532. The van der Waals surface area contributed by atoms with Gasteiger partial charge in [-0.05, 0) is 48.9 Å². The van der Waals surface area contributed by atoms with Crippen molar-refractivity contribution >= 4 is 33.1 Å². The summed E-state index contributed by atoms with van der Waals surface area (Å²) in [6.45, 7) is 0.209. The van der Waals surface area contributed by atoms with Crippen LogP contribution in [-0.4, -0.2) is 32.2 Å². The number of carbonyl (C=O) groups excluding carboxylic acids is 1. The Hall–Kier alpha value is -3.20. The second kappa shape index (κ2) is 7.56. The number of nitrogens with one attached hydrogen (secondary N) is 1. The Kier molecular flexibility index (Phi) is 4.74. The highest BCUT2D eigenvalue weighted by atomic mass is 32.1. The summed E-state index contributed by atoms with van der Waals surface area (Å²) in [5, 5.41) is 8.29. The molecule has 30 heavy (non-hydrogen) atoms. The summed E-state index contributed by atoms with van der Waals surface area (Å²) < 4.78 is 7.85. The van der Waals surface area contributed by atoms with Gasteiger partial charge in [-0.1, -0.05) is 12.1 Å². The van der Waals surface area contributed by atoms with Crippen LogP contribution in [-0.2, 0) is 30.7 Å². The first-order valence-electron chi connectivity index (χ1n) is 9.92. The number of methoxy groups -OCH3 is 1. The lowest BCUT2D eigenvalue weighted by molar-refractivity contribution is -0.122. The molecule has 8 nitrogen and oxygen atoms in total. The number of benzene rings is 1. The molecule has 154 valence electrons. The van der Waals surface area contributed by atoms with E-state index in [1.165, 1.54) is 32.3 Å². The van der Waals surface area contributed by atoms with E-state index >= 15 is 0 Å². The molecule has 3 aromatic heterocycles. The second-order valence-electron chi connectivity index (χ2n) is 7.40. The van der Waals surface area contributed by atoms with Crippen LogP contribution in [0, 0.1) is 0 Å². The normalized spacial score (nSPS) is 13.5. The lowest BCUT2D eigenvalue weighted by atomic mass is 9.97. The van der Waals surface area contributed by atoms with Crippen LogP contribution in [0.15, 0.2) is 35.4 Å². The van der Waals surface area contributed by atoms with Gasteiger partial charge >= 0.3 is 5.69 Å². The van der Waals surface area contributed by atoms with Crippen LogP contribution in [0.25, 0.3) is 15.9 Å². The third kappa shape index (κ3) is 3.24. The molecule has 0 radical (unpaired) electrons. The van der Waals surface area contributed by atoms with E-state index in [4.69, 9.17) is 4.74 Å². The molecule has 0 bridgehead atoms. The molecule has 0 spiro atoms. The van der Waals surface area contributed by atoms with Crippen LogP contribution in [0.3, 0.4) is 0 Å². The number of thiophene rings is 1. The standard InChI is InChI=1S/C21H21N5O3S/c1-29-14-6-4-5-13(9-14)10-22-17(27)11-26-21(28)25-12-23-20-18(19(25)24-26)15-7-2-3-8-16(15)30-20/h4-6,9,12H,2-3,7-8,10-11H2,1H3,(H,22,27). The molecule has 1 aromatic carbocycles. The molecule has 0 unspecified atom stereocenters. The van der Waals surface area contributed by atoms with Crippen molar-refractivity contribution in [1.29, 1.82) is 0 Å². The Morgan fingerprint density at radius 2 is 2.17 bits per heavy atom. The number of fused-ring (bicyclic) bond motifs is 5. The van der Waals surface area contributed by atoms with Crippen LogP contribution in [0.5, 0.6) is 5.75 Å². The first-order chi connectivity index (χ1) is 14.6. The van der Waals surface area contributed by atoms with E-state index in [2.05, 4.69) is 15.4 Å². The molecule has 9 heteroatoms. The number of hydrogen-bond acceptors (Lipinski definition) is 6. The molecule has 0 saturated carbocycles. The van der Waals surface area contributed by atoms with E-state index in [0.29, 0.717) is 12.2 Å². The van der Waals surface area contributed by atoms with E-state index in [-0.39, 0.29) is 18.1 Å². The van der Waals surface area contributed by atoms with E-state index in [0.717, 1.165) is 40.8 Å². The number of amides is 1. The number of ether oxygens (including phenoxy) is 1. The summed E-state index contributed by atoms with van der Waals surface area (Å²) in [5.74, 6) is 0.453. The van der Waals surface area contributed by atoms with Gasteiger partial charge in [0.15, 0.2) is 5.65 Å². The van der Waals surface area contributed by atoms with Crippen LogP contribution >= 0.6 is 11.3 Å². The van der Waals surface area contributed by atoms with Crippen LogP contribution in [0.1, 0.15) is 28.8 Å². The Morgan fingerprint density at radius 1 is 1.30 bits per heavy atom. The maximum Gasteiger partial charge on any atom is 0.352 e. The molecule has 5 rings (SSSR count). The zero-order valence-corrected chi connectivity index (χ0v) is 17.4. The Morgan fingerprint density at radius 3 is 3.03 bits per heavy atom. The molecular formula is C21H21N5O3S. The smallest absolute Gasteiger partial charge is 0.352 e. The SMILES string of the molecule is COc1cccc(CNC(=O)Cn2nc3c4c5c(sc4ncn3c2=O)CCCC5)c1. The molecular weight excluding hydrogens is 402 g/mol. The maximum absolute atomic E-state index is 12.8. The molecule has 1 N–H and O–H groups in total. The summed E-state index contributed by atoms with van der Waals surface area (Å²) in [5.41, 5.74) is 2.41. The largest absolute Gasteiger partial charge is 0.497 e. The topological polar surface area (TPSA) is 90.5 Å². The molecule has 4 aromatic rings. The Balaban J connectivity index is 1.41. The van der Waals surface area contributed by atoms with Crippen molar-refractivity contribution < 1.29 is 9.53 Å². The molecule has 0 aliphatic heterocycles. The summed E-state index contributed by atoms with van der Waals surface area (Å²) >= 11 is 1.69. The minimum Gasteiger partial charge on any atom is -0.497 e. The van der Waals surface area contributed by atoms with Crippen LogP contribution < -0.4 is 15.7 Å². The number of hydrogen-bond donors (Lipinski definition) is 1. The number of aromatic nitrogens is 4. The molecule has 0 atom stereocenters. The average Bonchev–Trinajstić information content (AvgIpc) is 3.30. The first kappa shape index (κ1) is 18.8. The highest BCUT2D eigenvalue weighted by Gasteiger charge is 2.22. The highest BCUT2D eigenvalue weighted by Crippen LogP contribution is 2.36. The van der Waals surface area contributed by atoms with Gasteiger partial charge in [-0.25, -0.2) is 18.9 Å². The molecule has 1 amide bonds. The fourth-order valence-corrected chi connectivity index (χ4v) is 5.18. The third-order valence-corrected chi connectivity index (χ3v) is 6.65. The average molecular weight is 423 g/mol. The van der Waals surface area contributed by atoms with Crippen molar-refractivity contribution in [1.82, 2.24) is 24.5 Å². The molecule has 0 saturated heterocycles. The monoisotopic (exact) mass is 423 g/mol. The van der Waals surface area contributed by atoms with Crippen LogP contribution in [0.4, 0.5) is 0 Å². The van der Waals surface area contributed by atoms with Gasteiger partial charge < -0.3 is 10.1 Å². The van der Waals surface area contributed by atoms with Crippen molar-refractivity contribution in [3.8, 4) is 5.75 Å². The minimum atomic E-state index is -0.355. The van der Waals surface area contributed by atoms with Gasteiger partial charge in [0.05, 0.1) is 12.5 Å². The van der Waals surface area contributed by atoms with Gasteiger partial charge in [0, 0.05) is 11.4 Å². The molecule has 3 heterocycles. The van der Waals surface area contributed by atoms with Crippen molar-refractivity contribution in [3.63, 3.8) is 0 Å². The maximum atomic E-state index is 12.8. The Bertz CT molecular complexity index is 1320. The van der Waals surface area contributed by atoms with Gasteiger partial charge in [0.2, 0.25) is 5.91 Å². The number of rotatable bonds is 5. The van der Waals surface area contributed by atoms with Gasteiger partial charge in [0.25, 0.3) is 0 Å². The van der Waals surface area contributed by atoms with E-state index in [1.54, 1.807) is 18.4 Å². The predicted octanol–water partition coefficient (Wildman–Crippen LogP) is 2.31. The summed E-state index contributed by atoms with van der Waals surface area (Å²) in [4.78, 5) is 32.0. The van der Waals surface area contributed by atoms with Gasteiger partial charge in [-0.3, -0.25) is 4.79 Å². The summed E-state index contributed by atoms with van der Waals surface area (Å²) in [6.07, 6.45) is 5.88. The minimum absolute atomic E-state index is 0.141. The third-order valence-electron chi connectivity index (χ3n) is 5.45. The van der Waals surface area contributed by atoms with E-state index < -0.39 is 0 Å². The van der Waals surface area contributed by atoms with Gasteiger partial charge in [0.1, 0.15) is 23.5 Å². The highest BCUT2D eigenvalue weighted by molar-refractivity contribution is 7.19. The predicted molar refractivity (Wildman–Crippen MR) is 114 cm³/mol. The summed E-state index contributed by atoms with van der Waals surface area (Å²) in [7, 11) is 1.60. The van der Waals surface area contributed by atoms with E-state index in [1.807, 2.05) is 24.3 Å². The lowest BCUT2D eigenvalue weighted by Crippen LogP contribution is -2.32. The van der Waals surface area contributed by atoms with E-state index in [9.17, 15) is 9.59 Å². The molecule has 1 aliphatic rings. The Labute approximate surface area is 176 Å². The van der Waals surface area contributed by atoms with Crippen molar-refractivity contribution in [2.24, 2.45) is 0 Å². The van der Waals surface area contributed by atoms with Crippen molar-refractivity contribution in [2.45, 2.75) is 38.8 Å². The molecule has 0 fully saturated rings.